The standard InChI is InChI=1S/C13H14N6O/c1-2-11(20-7-1)9-8-12(18-17-9)16-13-10-3-4-15-19(10)6-5-14-13/h3-6,8,11H,1-2,7H2,(H2,14,16,17,18). The minimum atomic E-state index is 0.136. The minimum absolute atomic E-state index is 0.136. The van der Waals surface area contributed by atoms with E-state index in [0.717, 1.165) is 42.3 Å². The highest BCUT2D eigenvalue weighted by atomic mass is 16.5. The first kappa shape index (κ1) is 11.4. The molecule has 1 fully saturated rings. The van der Waals surface area contributed by atoms with Crippen LogP contribution in [0.5, 0.6) is 0 Å². The third kappa shape index (κ3) is 1.92. The van der Waals surface area contributed by atoms with E-state index in [9.17, 15) is 0 Å². The second kappa shape index (κ2) is 4.61. The van der Waals surface area contributed by atoms with Crippen LogP contribution in [0.3, 0.4) is 0 Å². The Morgan fingerprint density at radius 1 is 1.40 bits per heavy atom. The topological polar surface area (TPSA) is 80.1 Å². The van der Waals surface area contributed by atoms with Crippen molar-refractivity contribution in [2.24, 2.45) is 0 Å². The Hall–Kier alpha value is -2.41. The third-order valence-electron chi connectivity index (χ3n) is 3.45. The molecule has 2 N–H and O–H groups in total. The first-order chi connectivity index (χ1) is 9.90. The van der Waals surface area contributed by atoms with Gasteiger partial charge in [0.05, 0.1) is 18.0 Å². The van der Waals surface area contributed by atoms with Gasteiger partial charge in [-0.05, 0) is 18.9 Å². The number of fused-ring (bicyclic) bond motifs is 1. The number of H-pyrrole nitrogens is 1. The predicted molar refractivity (Wildman–Crippen MR) is 72.8 cm³/mol. The van der Waals surface area contributed by atoms with Crippen molar-refractivity contribution >= 4 is 17.2 Å². The van der Waals surface area contributed by atoms with E-state index < -0.39 is 0 Å². The molecule has 1 saturated heterocycles. The fourth-order valence-electron chi connectivity index (χ4n) is 2.46. The summed E-state index contributed by atoms with van der Waals surface area (Å²) >= 11 is 0. The summed E-state index contributed by atoms with van der Waals surface area (Å²) in [7, 11) is 0. The second-order valence-electron chi connectivity index (χ2n) is 4.77. The lowest BCUT2D eigenvalue weighted by atomic mass is 10.2. The third-order valence-corrected chi connectivity index (χ3v) is 3.45. The summed E-state index contributed by atoms with van der Waals surface area (Å²) < 4.78 is 7.40. The molecular formula is C13H14N6O. The number of hydrogen-bond donors (Lipinski definition) is 2. The molecule has 1 aliphatic rings. The van der Waals surface area contributed by atoms with Crippen LogP contribution in [0.4, 0.5) is 11.6 Å². The van der Waals surface area contributed by atoms with Crippen molar-refractivity contribution in [1.82, 2.24) is 24.8 Å². The Labute approximate surface area is 115 Å². The van der Waals surface area contributed by atoms with Crippen LogP contribution in [0.25, 0.3) is 5.52 Å². The van der Waals surface area contributed by atoms with Gasteiger partial charge in [0.15, 0.2) is 11.6 Å². The van der Waals surface area contributed by atoms with Crippen molar-refractivity contribution in [2.75, 3.05) is 11.9 Å². The van der Waals surface area contributed by atoms with Gasteiger partial charge in [0.2, 0.25) is 0 Å². The summed E-state index contributed by atoms with van der Waals surface area (Å²) in [4.78, 5) is 4.32. The van der Waals surface area contributed by atoms with Crippen LogP contribution in [0.15, 0.2) is 30.7 Å². The van der Waals surface area contributed by atoms with Crippen LogP contribution < -0.4 is 5.32 Å². The zero-order valence-corrected chi connectivity index (χ0v) is 10.8. The first-order valence-corrected chi connectivity index (χ1v) is 6.62. The monoisotopic (exact) mass is 270 g/mol. The molecule has 1 atom stereocenters. The molecule has 20 heavy (non-hydrogen) atoms. The second-order valence-corrected chi connectivity index (χ2v) is 4.77. The molecule has 0 spiro atoms. The van der Waals surface area contributed by atoms with Gasteiger partial charge in [-0.25, -0.2) is 9.50 Å². The van der Waals surface area contributed by atoms with Gasteiger partial charge < -0.3 is 10.1 Å². The summed E-state index contributed by atoms with van der Waals surface area (Å²) in [6.07, 6.45) is 7.53. The molecule has 7 heteroatoms. The number of nitrogens with zero attached hydrogens (tertiary/aromatic N) is 4. The predicted octanol–water partition coefficient (Wildman–Crippen LogP) is 2.05. The normalized spacial score (nSPS) is 18.7. The number of hydrogen-bond acceptors (Lipinski definition) is 5. The van der Waals surface area contributed by atoms with Gasteiger partial charge >= 0.3 is 0 Å². The van der Waals surface area contributed by atoms with E-state index in [2.05, 4.69) is 25.6 Å². The maximum absolute atomic E-state index is 5.63. The molecule has 0 aromatic carbocycles. The van der Waals surface area contributed by atoms with Crippen LogP contribution in [-0.4, -0.2) is 31.4 Å². The Balaban J connectivity index is 1.61. The summed E-state index contributed by atoms with van der Waals surface area (Å²) in [5.41, 5.74) is 1.92. The van der Waals surface area contributed by atoms with Crippen molar-refractivity contribution in [3.8, 4) is 0 Å². The molecule has 0 amide bonds. The summed E-state index contributed by atoms with van der Waals surface area (Å²) in [6, 6.07) is 3.88. The van der Waals surface area contributed by atoms with Gasteiger partial charge in [-0.2, -0.15) is 10.2 Å². The lowest BCUT2D eigenvalue weighted by Crippen LogP contribution is -1.97. The molecule has 7 nitrogen and oxygen atoms in total. The molecule has 1 aliphatic heterocycles. The SMILES string of the molecule is c1cn2nccc2c(Nc2cc(C3CCCO3)[nH]n2)n1. The van der Waals surface area contributed by atoms with E-state index in [0.29, 0.717) is 0 Å². The number of aromatic amines is 1. The van der Waals surface area contributed by atoms with Crippen LogP contribution in [0.1, 0.15) is 24.6 Å². The summed E-state index contributed by atoms with van der Waals surface area (Å²) in [5, 5.41) is 14.7. The van der Waals surface area contributed by atoms with Gasteiger partial charge in [0.1, 0.15) is 5.52 Å². The minimum Gasteiger partial charge on any atom is -0.372 e. The average Bonchev–Trinajstić information content (AvgIpc) is 3.20. The van der Waals surface area contributed by atoms with Crippen molar-refractivity contribution in [1.29, 1.82) is 0 Å². The van der Waals surface area contributed by atoms with E-state index in [4.69, 9.17) is 4.74 Å². The first-order valence-electron chi connectivity index (χ1n) is 6.62. The van der Waals surface area contributed by atoms with E-state index in [1.807, 2.05) is 18.3 Å². The quantitative estimate of drug-likeness (QED) is 0.761. The number of rotatable bonds is 3. The van der Waals surface area contributed by atoms with Gasteiger partial charge in [0.25, 0.3) is 0 Å². The highest BCUT2D eigenvalue weighted by Gasteiger charge is 2.20. The number of anilines is 2. The molecule has 0 bridgehead atoms. The van der Waals surface area contributed by atoms with E-state index in [1.165, 1.54) is 0 Å². The van der Waals surface area contributed by atoms with Crippen molar-refractivity contribution in [3.63, 3.8) is 0 Å². The molecule has 0 saturated carbocycles. The molecule has 3 aromatic heterocycles. The lowest BCUT2D eigenvalue weighted by molar-refractivity contribution is 0.108. The zero-order valence-electron chi connectivity index (χ0n) is 10.8. The van der Waals surface area contributed by atoms with Crippen LogP contribution in [-0.2, 0) is 4.74 Å². The van der Waals surface area contributed by atoms with E-state index in [1.54, 1.807) is 16.9 Å². The Morgan fingerprint density at radius 2 is 2.40 bits per heavy atom. The molecule has 4 rings (SSSR count). The van der Waals surface area contributed by atoms with Crippen molar-refractivity contribution in [2.45, 2.75) is 18.9 Å². The molecule has 0 radical (unpaired) electrons. The molecule has 4 heterocycles. The average molecular weight is 270 g/mol. The van der Waals surface area contributed by atoms with Crippen LogP contribution >= 0.6 is 0 Å². The molecular weight excluding hydrogens is 256 g/mol. The van der Waals surface area contributed by atoms with Crippen molar-refractivity contribution < 1.29 is 4.74 Å². The molecule has 0 aliphatic carbocycles. The van der Waals surface area contributed by atoms with Gasteiger partial charge in [-0.3, -0.25) is 5.10 Å². The van der Waals surface area contributed by atoms with Gasteiger partial charge in [-0.15, -0.1) is 0 Å². The lowest BCUT2D eigenvalue weighted by Gasteiger charge is -2.05. The molecule has 1 unspecified atom stereocenters. The van der Waals surface area contributed by atoms with Crippen molar-refractivity contribution in [3.05, 3.63) is 36.4 Å². The van der Waals surface area contributed by atoms with Crippen LogP contribution in [0, 0.1) is 0 Å². The highest BCUT2D eigenvalue weighted by Crippen LogP contribution is 2.29. The summed E-state index contributed by atoms with van der Waals surface area (Å²) in [5.74, 6) is 1.47. The largest absolute Gasteiger partial charge is 0.372 e. The number of aromatic nitrogens is 5. The zero-order chi connectivity index (χ0) is 13.4. The number of nitrogens with one attached hydrogen (secondary N) is 2. The Bertz CT molecular complexity index is 727. The van der Waals surface area contributed by atoms with Crippen LogP contribution in [0.2, 0.25) is 0 Å². The summed E-state index contributed by atoms with van der Waals surface area (Å²) in [6.45, 7) is 0.823. The number of ether oxygens (including phenoxy) is 1. The fraction of sp³-hybridized carbons (Fsp3) is 0.308. The smallest absolute Gasteiger partial charge is 0.157 e. The maximum Gasteiger partial charge on any atom is 0.157 e. The molecule has 3 aromatic rings. The Kier molecular flexibility index (Phi) is 2.63. The fourth-order valence-corrected chi connectivity index (χ4v) is 2.46. The highest BCUT2D eigenvalue weighted by molar-refractivity contribution is 5.71. The maximum atomic E-state index is 5.63. The van der Waals surface area contributed by atoms with Gasteiger partial charge in [0, 0.05) is 25.1 Å². The molecule has 102 valence electrons. The van der Waals surface area contributed by atoms with E-state index >= 15 is 0 Å². The van der Waals surface area contributed by atoms with Gasteiger partial charge in [-0.1, -0.05) is 0 Å². The Morgan fingerprint density at radius 3 is 3.30 bits per heavy atom. The van der Waals surface area contributed by atoms with E-state index in [-0.39, 0.29) is 6.10 Å².